The first kappa shape index (κ1) is 83.2. The Hall–Kier alpha value is -7.85. The normalized spacial score (nSPS) is 20.8. The van der Waals surface area contributed by atoms with Crippen molar-refractivity contribution in [1.29, 1.82) is 0 Å². The van der Waals surface area contributed by atoms with Gasteiger partial charge in [0.25, 0.3) is 0 Å². The van der Waals surface area contributed by atoms with E-state index in [9.17, 15) is 25.5 Å². The zero-order chi connectivity index (χ0) is 83.4. The molecule has 618 valence electrons. The number of nitrogens with one attached hydrogen (secondary N) is 1. The number of alkyl halides is 5. The highest BCUT2D eigenvalue weighted by atomic mass is 35.5. The highest BCUT2D eigenvalue weighted by Gasteiger charge is 2.46. The van der Waals surface area contributed by atoms with Gasteiger partial charge in [-0.3, -0.25) is 0 Å². The first-order valence-electron chi connectivity index (χ1n) is 41.7. The van der Waals surface area contributed by atoms with Gasteiger partial charge < -0.3 is 69.6 Å². The molecule has 0 radical (unpaired) electrons. The maximum absolute atomic E-state index is 10.7. The fraction of sp³-hybridized carbons (Fsp3) is 0.485. The van der Waals surface area contributed by atoms with E-state index in [1.807, 2.05) is 79.7 Å². The van der Waals surface area contributed by atoms with Gasteiger partial charge in [-0.25, -0.2) is 0 Å². The van der Waals surface area contributed by atoms with E-state index in [1.54, 1.807) is 0 Å². The van der Waals surface area contributed by atoms with E-state index in [4.69, 9.17) is 72.2 Å². The number of aryl methyl sites for hydroxylation is 2. The van der Waals surface area contributed by atoms with Crippen LogP contribution in [0.4, 0.5) is 34.1 Å². The molecular weight excluding hydrogens is 1550 g/mol. The van der Waals surface area contributed by atoms with Gasteiger partial charge in [-0.15, -0.1) is 58.0 Å². The number of aromatic hydroxyl groups is 5. The number of nitrogens with zero attached hydrogens (tertiary/aromatic N) is 5. The first-order chi connectivity index (χ1) is 54.6. The summed E-state index contributed by atoms with van der Waals surface area (Å²) < 4.78 is 17.3. The number of phenolic OH excluding ortho intramolecular Hbond substituents is 5. The van der Waals surface area contributed by atoms with Crippen molar-refractivity contribution in [3.8, 4) is 46.0 Å². The molecule has 0 saturated heterocycles. The van der Waals surface area contributed by atoms with Crippen molar-refractivity contribution < 1.29 is 39.7 Å². The van der Waals surface area contributed by atoms with Crippen LogP contribution in [-0.2, 0) is 25.7 Å². The average Bonchev–Trinajstić information content (AvgIpc) is 1.56. The van der Waals surface area contributed by atoms with Gasteiger partial charge in [0.2, 0.25) is 6.79 Å². The second kappa shape index (κ2) is 30.7. The molecule has 0 amide bonds. The lowest BCUT2D eigenvalue weighted by atomic mass is 9.88. The molecule has 0 spiro atoms. The number of ether oxygens (including phenoxy) is 3. The van der Waals surface area contributed by atoms with E-state index in [-0.39, 0.29) is 74.1 Å². The summed E-state index contributed by atoms with van der Waals surface area (Å²) in [6.45, 7) is 46.9. The summed E-state index contributed by atoms with van der Waals surface area (Å²) in [6, 6.07) is 34.2. The van der Waals surface area contributed by atoms with Crippen LogP contribution in [0.3, 0.4) is 0 Å². The van der Waals surface area contributed by atoms with Crippen LogP contribution in [0.2, 0.25) is 0 Å². The summed E-state index contributed by atoms with van der Waals surface area (Å²) >= 11 is 32.4. The quantitative estimate of drug-likeness (QED) is 0.0905. The number of benzene rings is 10. The molecule has 0 saturated carbocycles. The Kier molecular flexibility index (Phi) is 22.1. The zero-order valence-electron chi connectivity index (χ0n) is 71.0. The molecule has 19 heteroatoms. The highest BCUT2D eigenvalue weighted by molar-refractivity contribution is 6.23. The molecule has 14 nitrogen and oxygen atoms in total. The topological polar surface area (TPSA) is 157 Å². The maximum atomic E-state index is 10.7. The Morgan fingerprint density at radius 1 is 0.422 bits per heavy atom. The molecular formula is C97H117Cl5N6O8. The summed E-state index contributed by atoms with van der Waals surface area (Å²) in [5.41, 5.74) is 18.5. The van der Waals surface area contributed by atoms with Crippen LogP contribution >= 0.6 is 58.0 Å². The number of anilines is 6. The van der Waals surface area contributed by atoms with Gasteiger partial charge in [0.05, 0.1) is 6.61 Å². The second-order valence-electron chi connectivity index (χ2n) is 38.5. The van der Waals surface area contributed by atoms with Crippen LogP contribution in [0.15, 0.2) is 103 Å². The summed E-state index contributed by atoms with van der Waals surface area (Å²) in [7, 11) is 0. The van der Waals surface area contributed by atoms with Crippen molar-refractivity contribution in [3.05, 3.63) is 153 Å². The van der Waals surface area contributed by atoms with E-state index in [2.05, 4.69) is 185 Å². The van der Waals surface area contributed by atoms with E-state index >= 15 is 0 Å². The van der Waals surface area contributed by atoms with Crippen molar-refractivity contribution in [2.24, 2.45) is 0 Å². The summed E-state index contributed by atoms with van der Waals surface area (Å²) in [6.07, 6.45) is 5.41. The molecule has 8 heterocycles. The van der Waals surface area contributed by atoms with E-state index < -0.39 is 0 Å². The molecule has 0 aromatic heterocycles. The molecule has 8 aliphatic heterocycles. The molecule has 6 N–H and O–H groups in total. The predicted octanol–water partition coefficient (Wildman–Crippen LogP) is 24.1. The molecule has 10 aromatic carbocycles. The Bertz CT molecular complexity index is 5190. The predicted molar refractivity (Wildman–Crippen MR) is 489 cm³/mol. The summed E-state index contributed by atoms with van der Waals surface area (Å²) in [4.78, 5) is 11.9. The summed E-state index contributed by atoms with van der Waals surface area (Å²) in [5.74, 6) is 6.57. The lowest BCUT2D eigenvalue weighted by molar-refractivity contribution is 0.174. The third-order valence-corrected chi connectivity index (χ3v) is 27.5. The number of halogens is 5. The Morgan fingerprint density at radius 2 is 0.862 bits per heavy atom. The van der Waals surface area contributed by atoms with Gasteiger partial charge in [-0.05, 0) is 248 Å². The van der Waals surface area contributed by atoms with E-state index in [0.717, 1.165) is 147 Å². The van der Waals surface area contributed by atoms with Crippen molar-refractivity contribution in [1.82, 2.24) is 0 Å². The Labute approximate surface area is 710 Å². The maximum Gasteiger partial charge on any atom is 0.231 e. The van der Waals surface area contributed by atoms with Crippen molar-refractivity contribution in [3.63, 3.8) is 0 Å². The molecule has 0 unspecified atom stereocenters. The highest BCUT2D eigenvalue weighted by Crippen LogP contribution is 2.59. The van der Waals surface area contributed by atoms with Crippen LogP contribution in [0, 0.1) is 0 Å². The molecule has 1 aliphatic carbocycles. The van der Waals surface area contributed by atoms with Gasteiger partial charge in [-0.1, -0.05) is 48.5 Å². The Balaban J connectivity index is 0.000000114. The molecule has 10 aromatic rings. The van der Waals surface area contributed by atoms with E-state index in [0.29, 0.717) is 59.2 Å². The van der Waals surface area contributed by atoms with Gasteiger partial charge in [0, 0.05) is 233 Å². The molecule has 0 fully saturated rings. The third kappa shape index (κ3) is 14.4. The van der Waals surface area contributed by atoms with Crippen LogP contribution in [0.5, 0.6) is 46.0 Å². The minimum absolute atomic E-state index is 0.00583. The second-order valence-corrected chi connectivity index (χ2v) is 41.2. The number of hydrogen-bond acceptors (Lipinski definition) is 14. The molecule has 9 aliphatic rings. The zero-order valence-corrected chi connectivity index (χ0v) is 74.8. The van der Waals surface area contributed by atoms with Crippen molar-refractivity contribution >= 4 is 146 Å². The number of phenols is 5. The van der Waals surface area contributed by atoms with Crippen LogP contribution in [-0.4, -0.2) is 133 Å². The molecule has 116 heavy (non-hydrogen) atoms. The number of fused-ring (bicyclic) bond motifs is 23. The van der Waals surface area contributed by atoms with Gasteiger partial charge >= 0.3 is 0 Å². The molecule has 19 rings (SSSR count). The van der Waals surface area contributed by atoms with Gasteiger partial charge in [0.15, 0.2) is 11.5 Å². The largest absolute Gasteiger partial charge is 0.507 e. The van der Waals surface area contributed by atoms with E-state index in [1.165, 1.54) is 73.1 Å². The lowest BCUT2D eigenvalue weighted by Gasteiger charge is -2.39. The fourth-order valence-corrected chi connectivity index (χ4v) is 21.8. The third-order valence-electron chi connectivity index (χ3n) is 25.9. The van der Waals surface area contributed by atoms with Crippen molar-refractivity contribution in [2.75, 3.05) is 87.7 Å². The lowest BCUT2D eigenvalue weighted by Crippen LogP contribution is -2.46. The van der Waals surface area contributed by atoms with Crippen molar-refractivity contribution in [2.45, 2.75) is 243 Å². The number of hydrogen-bond donors (Lipinski definition) is 6. The minimum Gasteiger partial charge on any atom is -0.507 e. The SMILES string of the molecule is CC(C)(C)N1C[C@@H](CCl)c2c1cc(O)c1ccc3c(c21)CCN3.C[C@@H](Cl)[C@@H]1CN(C(C)(C)C)c2cc(O)c3ccc4c(c3c21)CCC4.C[C@@H](Cl)[C@@H]1CN(C(C)(C)C)c2cc(O)c3ccc4c(c3c21)OCC4.C[C@@H](Cl)[C@@H]1CN(C(C)(C)C)c2cc(O)c3ccc4c(c3c21)OCO4.C[C@@H]1[C@@H](CCl)c2c(cc(O)c3ccccc23)N1C(C)(C)C. The average molecular weight is 1670 g/mol. The Morgan fingerprint density at radius 3 is 1.36 bits per heavy atom. The van der Waals surface area contributed by atoms with Gasteiger partial charge in [-0.2, -0.15) is 0 Å². The number of rotatable bonds is 5. The van der Waals surface area contributed by atoms with Gasteiger partial charge in [0.1, 0.15) is 34.5 Å². The molecule has 0 bridgehead atoms. The first-order valence-corrected chi connectivity index (χ1v) is 44.1. The monoisotopic (exact) mass is 1670 g/mol. The summed E-state index contributed by atoms with van der Waals surface area (Å²) in [5, 5.41) is 66.7. The smallest absolute Gasteiger partial charge is 0.231 e. The fourth-order valence-electron chi connectivity index (χ4n) is 20.5. The molecule has 9 atom stereocenters. The minimum atomic E-state index is -0.0648. The van der Waals surface area contributed by atoms with Crippen LogP contribution in [0.1, 0.15) is 218 Å². The standard InChI is InChI=1S/C21H26ClNO.C20H24ClNO2.C19H23ClN2O.C19H22ClNO3.C18H22ClNO/c1-12(22)16-11-23(21(2,3)4)17-10-18(24)15-9-8-13-6-5-7-14(13)19(15)20(16)17;1-11(21)14-10-22(20(2,3)4)15-9-16(23)13-6-5-12-7-8-24-19(12)18(13)17(14)15;1-19(2,3)22-10-11(9-20)17-15(22)8-16(23)13-4-5-14-12(18(13)17)6-7-21-14;1-10(20)12-8-21(19(2,3)4)13-7-14(22)11-5-6-15-18(24-9-23-15)17(11)16(12)13;1-11-14(10-19)17-13-8-6-5-7-12(13)16(21)9-15(17)20(11)18(2,3)4/h8-10,12,16,24H,5-7,11H2,1-4H3;5-6,9,11,14,23H,7-8,10H2,1-4H3;4-5,8,11,21,23H,6-7,9-10H2,1-3H3;5-7,10,12,22H,8-9H2,1-4H3;5-9,11,14,21H,10H2,1-4H3/t12-,16+;11-,14+;11-;10-,12+;11-,14-/m11111/s1. The van der Waals surface area contributed by atoms with Crippen LogP contribution in [0.25, 0.3) is 53.9 Å². The van der Waals surface area contributed by atoms with Crippen LogP contribution < -0.4 is 44.0 Å².